The molecule has 2 aliphatic rings. The van der Waals surface area contributed by atoms with E-state index in [2.05, 4.69) is 132 Å². The van der Waals surface area contributed by atoms with Gasteiger partial charge in [-0.1, -0.05) is 124 Å². The molecule has 6 aromatic carbocycles. The third-order valence-corrected chi connectivity index (χ3v) is 14.2. The van der Waals surface area contributed by atoms with Crippen molar-refractivity contribution in [3.05, 3.63) is 191 Å². The van der Waals surface area contributed by atoms with E-state index in [1.807, 2.05) is 48.5 Å². The zero-order valence-corrected chi connectivity index (χ0v) is 43.6. The standard InChI is InChI=1S/C31H38N2O4S.C30H36N2O2.2CH4/c1-24(2)32-19-21-33(22-20-32)28-15-11-26(12-16-28)31(27-13-17-29(18-14-27)37-38(3,35)36)30(10-7-23-34)25-8-5-4-6-9-25;1-23(2)31-18-20-32(21-19-31)27-14-10-25(11-15-27)30(26-12-16-28(34)17-13-26)29(9-6-22-33)24-7-4-3-5-8-24;;/h4-6,8-9,11-18,24,34H,7,10,19-23H2,1-3H3;3-5,7-8,10-17,23,33-34H,6,9,18-22H2,1-2H3;2*1H4/b31-30+;30-29+;;. The van der Waals surface area contributed by atoms with Gasteiger partial charge in [-0.25, -0.2) is 0 Å². The Kier molecular flexibility index (Phi) is 22.6. The lowest BCUT2D eigenvalue weighted by Crippen LogP contribution is -2.48. The van der Waals surface area contributed by atoms with Crippen LogP contribution in [0.4, 0.5) is 11.4 Å². The zero-order valence-electron chi connectivity index (χ0n) is 42.8. The Morgan fingerprint density at radius 2 is 0.797 bits per heavy atom. The number of nitrogens with zero attached hydrogens (tertiary/aromatic N) is 4. The molecule has 0 spiro atoms. The van der Waals surface area contributed by atoms with E-state index in [-0.39, 0.29) is 39.6 Å². The number of aliphatic hydroxyl groups excluding tert-OH is 2. The van der Waals surface area contributed by atoms with Crippen LogP contribution in [0.15, 0.2) is 158 Å². The van der Waals surface area contributed by atoms with Crippen molar-refractivity contribution in [1.29, 1.82) is 0 Å². The number of allylic oxidation sites excluding steroid dienone is 2. The number of aliphatic hydroxyl groups is 2. The fourth-order valence-electron chi connectivity index (χ4n) is 9.80. The molecule has 0 unspecified atom stereocenters. The normalized spacial score (nSPS) is 15.0. The third kappa shape index (κ3) is 16.1. The first-order chi connectivity index (χ1) is 34.8. The highest BCUT2D eigenvalue weighted by molar-refractivity contribution is 7.86. The number of hydrogen-bond donors (Lipinski definition) is 3. The molecular formula is C63H82N4O6S. The van der Waals surface area contributed by atoms with Gasteiger partial charge in [-0.2, -0.15) is 8.42 Å². The van der Waals surface area contributed by atoms with E-state index in [0.29, 0.717) is 31.3 Å². The summed E-state index contributed by atoms with van der Waals surface area (Å²) in [7, 11) is -3.61. The Bertz CT molecular complexity index is 2760. The Morgan fingerprint density at radius 3 is 1.11 bits per heavy atom. The molecule has 6 aromatic rings. The van der Waals surface area contributed by atoms with Crippen LogP contribution in [0.1, 0.15) is 102 Å². The minimum Gasteiger partial charge on any atom is -0.508 e. The predicted octanol–water partition coefficient (Wildman–Crippen LogP) is 12.2. The lowest BCUT2D eigenvalue weighted by molar-refractivity contribution is 0.209. The van der Waals surface area contributed by atoms with Gasteiger partial charge in [0, 0.05) is 89.0 Å². The topological polar surface area (TPSA) is 117 Å². The zero-order chi connectivity index (χ0) is 51.0. The van der Waals surface area contributed by atoms with Gasteiger partial charge in [0.15, 0.2) is 0 Å². The molecule has 2 fully saturated rings. The molecule has 3 N–H and O–H groups in total. The number of rotatable bonds is 18. The number of aromatic hydroxyl groups is 1. The van der Waals surface area contributed by atoms with E-state index in [9.17, 15) is 23.7 Å². The highest BCUT2D eigenvalue weighted by Crippen LogP contribution is 2.38. The molecule has 0 amide bonds. The van der Waals surface area contributed by atoms with Crippen molar-refractivity contribution < 1.29 is 27.9 Å². The summed E-state index contributed by atoms with van der Waals surface area (Å²) in [4.78, 5) is 9.95. The number of hydrogen-bond acceptors (Lipinski definition) is 10. The molecule has 2 aliphatic heterocycles. The van der Waals surface area contributed by atoms with Crippen LogP contribution in [-0.2, 0) is 10.1 Å². The molecule has 0 atom stereocenters. The Hall–Kier alpha value is -6.21. The van der Waals surface area contributed by atoms with Crippen LogP contribution in [-0.4, -0.2) is 117 Å². The maximum atomic E-state index is 11.6. The minimum absolute atomic E-state index is 0. The first kappa shape index (κ1) is 58.7. The maximum Gasteiger partial charge on any atom is 0.306 e. The number of benzene rings is 6. The summed E-state index contributed by atoms with van der Waals surface area (Å²) in [5, 5.41) is 29.1. The van der Waals surface area contributed by atoms with Crippen molar-refractivity contribution in [3.8, 4) is 11.5 Å². The van der Waals surface area contributed by atoms with Crippen LogP contribution in [0.25, 0.3) is 22.3 Å². The Balaban J connectivity index is 0.000000268. The predicted molar refractivity (Wildman–Crippen MR) is 312 cm³/mol. The number of phenols is 1. The molecule has 0 saturated carbocycles. The van der Waals surface area contributed by atoms with Crippen molar-refractivity contribution in [3.63, 3.8) is 0 Å². The van der Waals surface area contributed by atoms with Gasteiger partial charge in [0.25, 0.3) is 0 Å². The monoisotopic (exact) mass is 1020 g/mol. The van der Waals surface area contributed by atoms with Crippen molar-refractivity contribution in [2.24, 2.45) is 0 Å². The molecule has 11 heteroatoms. The van der Waals surface area contributed by atoms with E-state index < -0.39 is 10.1 Å². The molecule has 8 rings (SSSR count). The summed E-state index contributed by atoms with van der Waals surface area (Å²) < 4.78 is 28.3. The summed E-state index contributed by atoms with van der Waals surface area (Å²) in [5.41, 5.74) is 13.5. The Labute approximate surface area is 444 Å². The molecule has 0 bridgehead atoms. The molecule has 0 aliphatic carbocycles. The second-order valence-corrected chi connectivity index (χ2v) is 20.9. The van der Waals surface area contributed by atoms with Gasteiger partial charge in [0.2, 0.25) is 0 Å². The fraction of sp³-hybridized carbons (Fsp3) is 0.365. The summed E-state index contributed by atoms with van der Waals surface area (Å²) >= 11 is 0. The van der Waals surface area contributed by atoms with Crippen molar-refractivity contribution in [1.82, 2.24) is 9.80 Å². The number of phenolic OH excluding ortho intramolecular Hbond substituents is 1. The third-order valence-electron chi connectivity index (χ3n) is 13.7. The lowest BCUT2D eigenvalue weighted by atomic mass is 9.87. The molecule has 10 nitrogen and oxygen atoms in total. The van der Waals surface area contributed by atoms with E-state index in [4.69, 9.17) is 4.18 Å². The second-order valence-electron chi connectivity index (χ2n) is 19.3. The molecular weight excluding hydrogens is 941 g/mol. The fourth-order valence-corrected chi connectivity index (χ4v) is 10.3. The van der Waals surface area contributed by atoms with Crippen molar-refractivity contribution in [2.75, 3.05) is 81.6 Å². The molecule has 0 radical (unpaired) electrons. The lowest BCUT2D eigenvalue weighted by Gasteiger charge is -2.38. The first-order valence-electron chi connectivity index (χ1n) is 25.6. The largest absolute Gasteiger partial charge is 0.508 e. The van der Waals surface area contributed by atoms with Gasteiger partial charge in [0.05, 0.1) is 6.26 Å². The van der Waals surface area contributed by atoms with E-state index in [1.165, 1.54) is 16.9 Å². The van der Waals surface area contributed by atoms with Crippen LogP contribution >= 0.6 is 0 Å². The smallest absolute Gasteiger partial charge is 0.306 e. The summed E-state index contributed by atoms with van der Waals surface area (Å²) in [6.07, 6.45) is 3.86. The highest BCUT2D eigenvalue weighted by atomic mass is 32.2. The van der Waals surface area contributed by atoms with Crippen LogP contribution in [0.3, 0.4) is 0 Å². The molecule has 396 valence electrons. The highest BCUT2D eigenvalue weighted by Gasteiger charge is 2.22. The van der Waals surface area contributed by atoms with Crippen LogP contribution in [0.5, 0.6) is 11.5 Å². The second kappa shape index (κ2) is 28.5. The van der Waals surface area contributed by atoms with Gasteiger partial charge in [0.1, 0.15) is 11.5 Å². The van der Waals surface area contributed by atoms with E-state index in [0.717, 1.165) is 115 Å². The van der Waals surface area contributed by atoms with Gasteiger partial charge in [-0.3, -0.25) is 9.80 Å². The van der Waals surface area contributed by atoms with Crippen molar-refractivity contribution >= 4 is 43.8 Å². The average molecular weight is 1020 g/mol. The SMILES string of the molecule is C.C.CC(C)N1CCN(c2ccc(/C(=C(/CCCO)c3ccccc3)c3ccc(O)cc3)cc2)CC1.CC(C)N1CCN(c2ccc(/C(=C(/CCCO)c3ccccc3)c3ccc(OS(C)(=O)=O)cc3)cc2)CC1. The van der Waals surface area contributed by atoms with Crippen LogP contribution < -0.4 is 14.0 Å². The van der Waals surface area contributed by atoms with Gasteiger partial charge < -0.3 is 29.3 Å². The van der Waals surface area contributed by atoms with Gasteiger partial charge >= 0.3 is 10.1 Å². The number of anilines is 2. The molecule has 2 heterocycles. The molecule has 74 heavy (non-hydrogen) atoms. The minimum atomic E-state index is -3.61. The van der Waals surface area contributed by atoms with Crippen LogP contribution in [0.2, 0.25) is 0 Å². The number of piperazine rings is 2. The average Bonchev–Trinajstić information content (AvgIpc) is 3.40. The first-order valence-corrected chi connectivity index (χ1v) is 27.4. The van der Waals surface area contributed by atoms with Gasteiger partial charge in [-0.15, -0.1) is 0 Å². The molecule has 2 saturated heterocycles. The maximum absolute atomic E-state index is 11.6. The molecule has 0 aromatic heterocycles. The van der Waals surface area contributed by atoms with E-state index in [1.54, 1.807) is 24.3 Å². The summed E-state index contributed by atoms with van der Waals surface area (Å²) in [5.74, 6) is 0.540. The van der Waals surface area contributed by atoms with Gasteiger partial charge in [-0.05, 0) is 158 Å². The van der Waals surface area contributed by atoms with E-state index >= 15 is 0 Å². The Morgan fingerprint density at radius 1 is 0.473 bits per heavy atom. The quantitative estimate of drug-likeness (QED) is 0.0567. The summed E-state index contributed by atoms with van der Waals surface area (Å²) in [6.45, 7) is 17.7. The summed E-state index contributed by atoms with van der Waals surface area (Å²) in [6, 6.07) is 54.0. The van der Waals surface area contributed by atoms with Crippen LogP contribution in [0, 0.1) is 0 Å². The van der Waals surface area contributed by atoms with Crippen molar-refractivity contribution in [2.45, 2.75) is 80.3 Å².